The van der Waals surface area contributed by atoms with Crippen molar-refractivity contribution < 1.29 is 9.53 Å². The lowest BCUT2D eigenvalue weighted by molar-refractivity contribution is 0.0106. The Morgan fingerprint density at radius 2 is 2.23 bits per heavy atom. The van der Waals surface area contributed by atoms with E-state index in [1.807, 2.05) is 16.6 Å². The fraction of sp³-hybridized carbons (Fsp3) is 0.667. The summed E-state index contributed by atoms with van der Waals surface area (Å²) in [6.45, 7) is 8.19. The lowest BCUT2D eigenvalue weighted by Gasteiger charge is -2.37. The summed E-state index contributed by atoms with van der Waals surface area (Å²) in [5, 5.41) is 10.5. The number of carbonyl (C=O) groups is 1. The molecule has 2 saturated heterocycles. The molecule has 140 valence electrons. The van der Waals surface area contributed by atoms with E-state index >= 15 is 0 Å². The number of aromatic nitrogens is 4. The minimum atomic E-state index is 0.0195. The molecule has 2 aromatic heterocycles. The van der Waals surface area contributed by atoms with Crippen LogP contribution in [0.15, 0.2) is 17.2 Å². The first-order valence-corrected chi connectivity index (χ1v) is 10.2. The maximum Gasteiger partial charge on any atom is 0.273 e. The molecule has 4 rings (SSSR count). The molecule has 0 N–H and O–H groups in total. The van der Waals surface area contributed by atoms with Crippen molar-refractivity contribution in [3.63, 3.8) is 0 Å². The number of likely N-dealkylation sites (tertiary alicyclic amines) is 1. The number of carbonyl (C=O) groups excluding carboxylic acids is 1. The molecule has 1 amide bonds. The maximum absolute atomic E-state index is 12.9. The van der Waals surface area contributed by atoms with Crippen LogP contribution in [0.4, 0.5) is 0 Å². The summed E-state index contributed by atoms with van der Waals surface area (Å²) >= 11 is 1.46. The highest BCUT2D eigenvalue weighted by Gasteiger charge is 2.51. The van der Waals surface area contributed by atoms with Gasteiger partial charge in [0.2, 0.25) is 0 Å². The van der Waals surface area contributed by atoms with E-state index < -0.39 is 0 Å². The number of hydrogen-bond acceptors (Lipinski definition) is 6. The molecule has 0 aliphatic carbocycles. The van der Waals surface area contributed by atoms with E-state index in [-0.39, 0.29) is 17.2 Å². The first-order valence-electron chi connectivity index (χ1n) is 9.22. The number of hydrogen-bond donors (Lipinski definition) is 0. The molecule has 1 spiro atoms. The first kappa shape index (κ1) is 17.6. The first-order chi connectivity index (χ1) is 12.6. The van der Waals surface area contributed by atoms with Gasteiger partial charge in [-0.25, -0.2) is 4.98 Å². The molecule has 4 heterocycles. The zero-order chi connectivity index (χ0) is 18.1. The molecule has 2 aliphatic rings. The van der Waals surface area contributed by atoms with E-state index in [2.05, 4.69) is 33.6 Å². The maximum atomic E-state index is 12.9. The van der Waals surface area contributed by atoms with E-state index in [1.54, 1.807) is 5.51 Å². The standard InChI is InChI=1S/C18H25N5O2S/c1-13(2)7-23-11-20-21-16(23)14-8-22(17(24)15-9-26-12-19-15)10-18(14)3-5-25-6-4-18/h9,11-14H,3-8,10H2,1-2H3. The molecule has 8 heteroatoms. The Bertz CT molecular complexity index is 751. The van der Waals surface area contributed by atoms with E-state index in [0.717, 1.165) is 45.0 Å². The largest absolute Gasteiger partial charge is 0.381 e. The van der Waals surface area contributed by atoms with Crippen molar-refractivity contribution in [2.75, 3.05) is 26.3 Å². The van der Waals surface area contributed by atoms with E-state index in [9.17, 15) is 4.79 Å². The molecule has 0 saturated carbocycles. The molecular formula is C18H25N5O2S. The second-order valence-corrected chi connectivity index (χ2v) is 8.54. The topological polar surface area (TPSA) is 73.1 Å². The molecule has 2 fully saturated rings. The predicted octanol–water partition coefficient (Wildman–Crippen LogP) is 2.43. The SMILES string of the molecule is CC(C)Cn1cnnc1C1CN(C(=O)c2cscn2)CC12CCOCC2. The van der Waals surface area contributed by atoms with Gasteiger partial charge in [-0.05, 0) is 18.8 Å². The fourth-order valence-corrected chi connectivity index (χ4v) is 4.84. The van der Waals surface area contributed by atoms with Crippen LogP contribution < -0.4 is 0 Å². The summed E-state index contributed by atoms with van der Waals surface area (Å²) in [7, 11) is 0. The lowest BCUT2D eigenvalue weighted by Crippen LogP contribution is -2.38. The van der Waals surface area contributed by atoms with E-state index in [4.69, 9.17) is 4.74 Å². The van der Waals surface area contributed by atoms with Gasteiger partial charge in [-0.3, -0.25) is 4.79 Å². The minimum Gasteiger partial charge on any atom is -0.381 e. The third kappa shape index (κ3) is 3.16. The van der Waals surface area contributed by atoms with Crippen LogP contribution in [-0.4, -0.2) is 56.9 Å². The summed E-state index contributed by atoms with van der Waals surface area (Å²) in [6.07, 6.45) is 3.73. The van der Waals surface area contributed by atoms with Crippen LogP contribution in [0.25, 0.3) is 0 Å². The van der Waals surface area contributed by atoms with Crippen LogP contribution in [0.5, 0.6) is 0 Å². The zero-order valence-electron chi connectivity index (χ0n) is 15.3. The average molecular weight is 375 g/mol. The Morgan fingerprint density at radius 1 is 1.42 bits per heavy atom. The van der Waals surface area contributed by atoms with Crippen LogP contribution >= 0.6 is 11.3 Å². The van der Waals surface area contributed by atoms with E-state index in [0.29, 0.717) is 18.2 Å². The Kier molecular flexibility index (Phi) is 4.79. The highest BCUT2D eigenvalue weighted by molar-refractivity contribution is 7.07. The second kappa shape index (κ2) is 7.08. The highest BCUT2D eigenvalue weighted by Crippen LogP contribution is 2.49. The van der Waals surface area contributed by atoms with Crippen molar-refractivity contribution in [3.8, 4) is 0 Å². The van der Waals surface area contributed by atoms with E-state index in [1.165, 1.54) is 11.3 Å². The molecule has 0 bridgehead atoms. The second-order valence-electron chi connectivity index (χ2n) is 7.82. The van der Waals surface area contributed by atoms with Gasteiger partial charge in [0.15, 0.2) is 0 Å². The molecule has 26 heavy (non-hydrogen) atoms. The van der Waals surface area contributed by atoms with Gasteiger partial charge < -0.3 is 14.2 Å². The zero-order valence-corrected chi connectivity index (χ0v) is 16.1. The third-order valence-electron chi connectivity index (χ3n) is 5.59. The van der Waals surface area contributed by atoms with Crippen molar-refractivity contribution in [2.45, 2.75) is 39.2 Å². The molecule has 1 unspecified atom stereocenters. The Labute approximate surface area is 157 Å². The molecule has 1 atom stereocenters. The Balaban J connectivity index is 1.65. The summed E-state index contributed by atoms with van der Waals surface area (Å²) in [5.41, 5.74) is 2.28. The van der Waals surface area contributed by atoms with Gasteiger partial charge in [0.1, 0.15) is 17.8 Å². The van der Waals surface area contributed by atoms with Crippen LogP contribution in [0.1, 0.15) is 48.9 Å². The summed E-state index contributed by atoms with van der Waals surface area (Å²) in [6, 6.07) is 0. The molecule has 0 radical (unpaired) electrons. The predicted molar refractivity (Wildman–Crippen MR) is 98.1 cm³/mol. The summed E-state index contributed by atoms with van der Waals surface area (Å²) in [5.74, 6) is 1.74. The molecule has 0 aromatic carbocycles. The van der Waals surface area contributed by atoms with Gasteiger partial charge >= 0.3 is 0 Å². The number of amides is 1. The minimum absolute atomic E-state index is 0.0195. The number of nitrogens with zero attached hydrogens (tertiary/aromatic N) is 5. The molecule has 2 aromatic rings. The quantitative estimate of drug-likeness (QED) is 0.821. The highest BCUT2D eigenvalue weighted by atomic mass is 32.1. The van der Waals surface area contributed by atoms with Crippen LogP contribution in [0, 0.1) is 11.3 Å². The van der Waals surface area contributed by atoms with Gasteiger partial charge in [-0.15, -0.1) is 21.5 Å². The lowest BCUT2D eigenvalue weighted by atomic mass is 9.71. The average Bonchev–Trinajstić information content (AvgIpc) is 3.35. The number of rotatable bonds is 4. The Morgan fingerprint density at radius 3 is 2.92 bits per heavy atom. The van der Waals surface area contributed by atoms with Crippen molar-refractivity contribution in [1.82, 2.24) is 24.6 Å². The van der Waals surface area contributed by atoms with Crippen molar-refractivity contribution in [1.29, 1.82) is 0 Å². The van der Waals surface area contributed by atoms with Crippen LogP contribution in [0.3, 0.4) is 0 Å². The van der Waals surface area contributed by atoms with Gasteiger partial charge in [0.05, 0.1) is 5.51 Å². The summed E-state index contributed by atoms with van der Waals surface area (Å²) in [4.78, 5) is 19.1. The van der Waals surface area contributed by atoms with Crippen LogP contribution in [0.2, 0.25) is 0 Å². The normalized spacial score (nSPS) is 22.4. The molecule has 7 nitrogen and oxygen atoms in total. The third-order valence-corrected chi connectivity index (χ3v) is 6.18. The summed E-state index contributed by atoms with van der Waals surface area (Å²) < 4.78 is 7.80. The van der Waals surface area contributed by atoms with Crippen molar-refractivity contribution in [3.05, 3.63) is 28.7 Å². The van der Waals surface area contributed by atoms with Crippen molar-refractivity contribution in [2.24, 2.45) is 11.3 Å². The van der Waals surface area contributed by atoms with Gasteiger partial charge in [0.25, 0.3) is 5.91 Å². The van der Waals surface area contributed by atoms with Gasteiger partial charge in [-0.2, -0.15) is 0 Å². The Hall–Kier alpha value is -1.80. The van der Waals surface area contributed by atoms with Crippen LogP contribution in [-0.2, 0) is 11.3 Å². The monoisotopic (exact) mass is 375 g/mol. The molecule has 2 aliphatic heterocycles. The van der Waals surface area contributed by atoms with Gasteiger partial charge in [-0.1, -0.05) is 13.8 Å². The number of ether oxygens (including phenoxy) is 1. The smallest absolute Gasteiger partial charge is 0.273 e. The molecular weight excluding hydrogens is 350 g/mol. The number of thiazole rings is 1. The fourth-order valence-electron chi connectivity index (χ4n) is 4.31. The van der Waals surface area contributed by atoms with Crippen molar-refractivity contribution >= 4 is 17.2 Å². The van der Waals surface area contributed by atoms with Gasteiger partial charge in [0, 0.05) is 49.6 Å².